The lowest BCUT2D eigenvalue weighted by Gasteiger charge is -2.50. The fourth-order valence-electron chi connectivity index (χ4n) is 1.91. The smallest absolute Gasteiger partial charge is 0.0593 e. The Morgan fingerprint density at radius 3 is 2.50 bits per heavy atom. The van der Waals surface area contributed by atoms with Crippen LogP contribution in [0.5, 0.6) is 0 Å². The molecular weight excluding hydrogens is 204 g/mol. The average molecular weight is 230 g/mol. The molecule has 1 rings (SSSR count). The number of ether oxygens (including phenoxy) is 2. The maximum absolute atomic E-state index is 6.21. The van der Waals surface area contributed by atoms with Crippen molar-refractivity contribution in [2.24, 2.45) is 11.7 Å². The molecule has 4 heteroatoms. The summed E-state index contributed by atoms with van der Waals surface area (Å²) in [4.78, 5) is 2.36. The number of hydrogen-bond acceptors (Lipinski definition) is 4. The summed E-state index contributed by atoms with van der Waals surface area (Å²) in [6, 6.07) is 0. The summed E-state index contributed by atoms with van der Waals surface area (Å²) >= 11 is 0. The lowest BCUT2D eigenvalue weighted by molar-refractivity contribution is 0.00826. The first-order valence-corrected chi connectivity index (χ1v) is 6.16. The van der Waals surface area contributed by atoms with Crippen LogP contribution in [0.25, 0.3) is 0 Å². The Morgan fingerprint density at radius 2 is 1.94 bits per heavy atom. The van der Waals surface area contributed by atoms with E-state index < -0.39 is 0 Å². The number of rotatable bonds is 8. The molecule has 1 saturated heterocycles. The molecule has 0 aromatic carbocycles. The van der Waals surface area contributed by atoms with E-state index in [1.807, 2.05) is 0 Å². The van der Waals surface area contributed by atoms with Gasteiger partial charge in [0.05, 0.1) is 6.61 Å². The van der Waals surface area contributed by atoms with Crippen LogP contribution in [0, 0.1) is 5.92 Å². The zero-order chi connectivity index (χ0) is 12.0. The van der Waals surface area contributed by atoms with Gasteiger partial charge in [0, 0.05) is 45.5 Å². The Kier molecular flexibility index (Phi) is 5.69. The normalized spacial score (nSPS) is 20.1. The zero-order valence-corrected chi connectivity index (χ0v) is 10.9. The Bertz CT molecular complexity index is 191. The Balaban J connectivity index is 1.93. The van der Waals surface area contributed by atoms with Crippen molar-refractivity contribution in [1.82, 2.24) is 4.90 Å². The first-order valence-electron chi connectivity index (χ1n) is 6.16. The van der Waals surface area contributed by atoms with Gasteiger partial charge in [-0.15, -0.1) is 0 Å². The van der Waals surface area contributed by atoms with Crippen LogP contribution in [-0.4, -0.2) is 57.0 Å². The van der Waals surface area contributed by atoms with Crippen molar-refractivity contribution in [3.05, 3.63) is 0 Å². The highest BCUT2D eigenvalue weighted by Crippen LogP contribution is 2.25. The molecule has 16 heavy (non-hydrogen) atoms. The summed E-state index contributed by atoms with van der Waals surface area (Å²) in [6.45, 7) is 9.77. The highest BCUT2D eigenvalue weighted by molar-refractivity contribution is 5.01. The van der Waals surface area contributed by atoms with Crippen LogP contribution < -0.4 is 5.73 Å². The fourth-order valence-corrected chi connectivity index (χ4v) is 1.91. The van der Waals surface area contributed by atoms with Gasteiger partial charge < -0.3 is 15.2 Å². The van der Waals surface area contributed by atoms with Crippen LogP contribution in [0.15, 0.2) is 0 Å². The van der Waals surface area contributed by atoms with Gasteiger partial charge >= 0.3 is 0 Å². The summed E-state index contributed by atoms with van der Waals surface area (Å²) in [5, 5.41) is 0. The first-order chi connectivity index (χ1) is 7.58. The van der Waals surface area contributed by atoms with Crippen LogP contribution in [0.4, 0.5) is 0 Å². The molecule has 0 atom stereocenters. The quantitative estimate of drug-likeness (QED) is 0.624. The van der Waals surface area contributed by atoms with Crippen LogP contribution in [0.1, 0.15) is 20.3 Å². The molecule has 0 radical (unpaired) electrons. The molecule has 0 aromatic rings. The topological polar surface area (TPSA) is 47.7 Å². The number of methoxy groups -OCH3 is 1. The van der Waals surface area contributed by atoms with Gasteiger partial charge in [0.25, 0.3) is 0 Å². The van der Waals surface area contributed by atoms with Crippen molar-refractivity contribution in [2.75, 3.05) is 46.6 Å². The van der Waals surface area contributed by atoms with Gasteiger partial charge in [0.15, 0.2) is 0 Å². The van der Waals surface area contributed by atoms with Gasteiger partial charge in [-0.2, -0.15) is 0 Å². The lowest BCUT2D eigenvalue weighted by atomic mass is 9.80. The minimum atomic E-state index is 0.0377. The highest BCUT2D eigenvalue weighted by Gasteiger charge is 2.41. The van der Waals surface area contributed by atoms with Crippen molar-refractivity contribution < 1.29 is 9.47 Å². The van der Waals surface area contributed by atoms with E-state index in [0.29, 0.717) is 5.92 Å². The molecule has 0 bridgehead atoms. The van der Waals surface area contributed by atoms with Crippen molar-refractivity contribution >= 4 is 0 Å². The molecular formula is C12H26N2O2. The minimum Gasteiger partial charge on any atom is -0.385 e. The molecule has 2 N–H and O–H groups in total. The van der Waals surface area contributed by atoms with E-state index in [1.165, 1.54) is 0 Å². The molecule has 4 nitrogen and oxygen atoms in total. The van der Waals surface area contributed by atoms with Gasteiger partial charge in [-0.05, 0) is 12.3 Å². The van der Waals surface area contributed by atoms with Crippen LogP contribution >= 0.6 is 0 Å². The summed E-state index contributed by atoms with van der Waals surface area (Å²) in [7, 11) is 1.72. The number of nitrogens with two attached hydrogens (primary N) is 1. The Labute approximate surface area is 99.1 Å². The maximum Gasteiger partial charge on any atom is 0.0593 e. The predicted octanol–water partition coefficient (Wildman–Crippen LogP) is 0.709. The van der Waals surface area contributed by atoms with Crippen LogP contribution in [0.3, 0.4) is 0 Å². The molecule has 0 aromatic heterocycles. The minimum absolute atomic E-state index is 0.0377. The van der Waals surface area contributed by atoms with Gasteiger partial charge in [0.2, 0.25) is 0 Å². The van der Waals surface area contributed by atoms with Crippen molar-refractivity contribution in [3.8, 4) is 0 Å². The lowest BCUT2D eigenvalue weighted by Crippen LogP contribution is -2.70. The number of likely N-dealkylation sites (tertiary alicyclic amines) is 1. The third-order valence-electron chi connectivity index (χ3n) is 3.37. The number of nitrogens with zero attached hydrogens (tertiary/aromatic N) is 1. The molecule has 96 valence electrons. The van der Waals surface area contributed by atoms with E-state index in [1.54, 1.807) is 7.11 Å². The maximum atomic E-state index is 6.21. The monoisotopic (exact) mass is 230 g/mol. The van der Waals surface area contributed by atoms with Crippen molar-refractivity contribution in [1.29, 1.82) is 0 Å². The summed E-state index contributed by atoms with van der Waals surface area (Å²) in [5.74, 6) is 0.561. The second kappa shape index (κ2) is 6.55. The predicted molar refractivity (Wildman–Crippen MR) is 65.5 cm³/mol. The van der Waals surface area contributed by atoms with Gasteiger partial charge in [-0.3, -0.25) is 4.90 Å². The molecule has 0 spiro atoms. The second-order valence-corrected chi connectivity index (χ2v) is 5.06. The summed E-state index contributed by atoms with van der Waals surface area (Å²) in [5.41, 5.74) is 6.24. The first kappa shape index (κ1) is 13.9. The largest absolute Gasteiger partial charge is 0.385 e. The Hall–Kier alpha value is -0.160. The van der Waals surface area contributed by atoms with E-state index in [-0.39, 0.29) is 5.54 Å². The third kappa shape index (κ3) is 4.01. The molecule has 1 heterocycles. The van der Waals surface area contributed by atoms with E-state index in [0.717, 1.165) is 45.9 Å². The highest BCUT2D eigenvalue weighted by atomic mass is 16.5. The molecule has 0 amide bonds. The SMILES string of the molecule is COCCCOCCN1CC(N)(C(C)C)C1. The fraction of sp³-hybridized carbons (Fsp3) is 1.00. The molecule has 0 unspecified atom stereocenters. The molecule has 1 fully saturated rings. The van der Waals surface area contributed by atoms with Crippen molar-refractivity contribution in [3.63, 3.8) is 0 Å². The average Bonchev–Trinajstić information content (AvgIpc) is 2.19. The van der Waals surface area contributed by atoms with Gasteiger partial charge in [0.1, 0.15) is 0 Å². The molecule has 1 aliphatic rings. The Morgan fingerprint density at radius 1 is 1.25 bits per heavy atom. The second-order valence-electron chi connectivity index (χ2n) is 5.06. The molecule has 1 aliphatic heterocycles. The standard InChI is InChI=1S/C12H26N2O2/c1-11(2)12(13)9-14(10-12)5-8-16-7-4-6-15-3/h11H,4-10,13H2,1-3H3. The van der Waals surface area contributed by atoms with Crippen LogP contribution in [-0.2, 0) is 9.47 Å². The number of hydrogen-bond donors (Lipinski definition) is 1. The summed E-state index contributed by atoms with van der Waals surface area (Å²) in [6.07, 6.45) is 0.976. The van der Waals surface area contributed by atoms with Gasteiger partial charge in [-0.1, -0.05) is 13.8 Å². The van der Waals surface area contributed by atoms with E-state index in [9.17, 15) is 0 Å². The van der Waals surface area contributed by atoms with Crippen molar-refractivity contribution in [2.45, 2.75) is 25.8 Å². The zero-order valence-electron chi connectivity index (χ0n) is 10.9. The van der Waals surface area contributed by atoms with Gasteiger partial charge in [-0.25, -0.2) is 0 Å². The third-order valence-corrected chi connectivity index (χ3v) is 3.37. The molecule has 0 saturated carbocycles. The van der Waals surface area contributed by atoms with Crippen LogP contribution in [0.2, 0.25) is 0 Å². The van der Waals surface area contributed by atoms with E-state index >= 15 is 0 Å². The molecule has 0 aliphatic carbocycles. The van der Waals surface area contributed by atoms with E-state index in [2.05, 4.69) is 18.7 Å². The van der Waals surface area contributed by atoms with E-state index in [4.69, 9.17) is 15.2 Å². The summed E-state index contributed by atoms with van der Waals surface area (Å²) < 4.78 is 10.5.